The molecule has 2 aliphatic heterocycles. The minimum atomic E-state index is -4.21. The Morgan fingerprint density at radius 3 is 2.39 bits per heavy atom. The number of hydrogen-bond acceptors (Lipinski definition) is 14. The molecule has 57 heavy (non-hydrogen) atoms. The number of aliphatic hydroxyl groups excluding tert-OH is 2. The summed E-state index contributed by atoms with van der Waals surface area (Å²) in [5.41, 5.74) is -3.54. The summed E-state index contributed by atoms with van der Waals surface area (Å²) < 4.78 is 61.6. The third-order valence-electron chi connectivity index (χ3n) is 11.5. The lowest BCUT2D eigenvalue weighted by Gasteiger charge is -2.47. The van der Waals surface area contributed by atoms with Gasteiger partial charge in [-0.2, -0.15) is 4.31 Å². The van der Waals surface area contributed by atoms with Crippen LogP contribution in [0.25, 0.3) is 0 Å². The predicted octanol–water partition coefficient (Wildman–Crippen LogP) is 2.87. The normalized spacial score (nSPS) is 37.9. The number of nitrogens with one attached hydrogen (secondary N) is 1. The molecule has 0 amide bonds. The van der Waals surface area contributed by atoms with E-state index < -0.39 is 94.0 Å². The highest BCUT2D eigenvalue weighted by Gasteiger charge is 2.52. The van der Waals surface area contributed by atoms with Crippen molar-refractivity contribution in [2.75, 3.05) is 20.7 Å². The maximum atomic E-state index is 14.1. The van der Waals surface area contributed by atoms with Crippen molar-refractivity contribution in [1.29, 1.82) is 0 Å². The Balaban J connectivity index is 1.81. The van der Waals surface area contributed by atoms with E-state index in [0.29, 0.717) is 12.3 Å². The first-order valence-corrected chi connectivity index (χ1v) is 21.3. The standard InChI is InChI=1S/C39H63ClN4O12S/c1-12-30-39(8,49)33(46)25(6)42-20-21(2)19-38(7,48)34(23(4)31(45)24(5)35(47)55-30)56-36-32(54-26-13-14-29(52-11)27(40)18-26)28(17-22(3)53-36)44(10)57(50,51)37-41-15-16-43(37)9/h13-16,18,21-25,28,30-34,36,42,45-46,48-49H,12,17,19-20H2,1-11H3/t21-,22-,23+,24-,25-,28+,30-,31+,32-,33-,34-,36+,38-,39-/m1/s1. The molecule has 0 radical (unpaired) electrons. The number of likely N-dealkylation sites (N-methyl/N-ethyl adjacent to an activating group) is 1. The number of benzene rings is 1. The van der Waals surface area contributed by atoms with Crippen molar-refractivity contribution in [2.24, 2.45) is 24.8 Å². The van der Waals surface area contributed by atoms with Crippen LogP contribution in [0.2, 0.25) is 5.02 Å². The number of sulfonamides is 1. The van der Waals surface area contributed by atoms with Gasteiger partial charge in [0.05, 0.1) is 48.0 Å². The van der Waals surface area contributed by atoms with E-state index in [4.69, 9.17) is 35.3 Å². The van der Waals surface area contributed by atoms with Crippen molar-refractivity contribution in [2.45, 2.75) is 146 Å². The summed E-state index contributed by atoms with van der Waals surface area (Å²) in [4.78, 5) is 17.7. The molecule has 2 saturated heterocycles. The SMILES string of the molecule is CC[C@H]1OC(=O)[C@H](C)[C@@H](O)[C@H](C)[C@@H](O[C@@H]2O[C@H](C)C[C@H](N(C)S(=O)(=O)c3nccn3C)[C@H]2Oc2ccc(OC)c(Cl)c2)[C@](C)(O)C[C@@H](C)CN[C@H](C)[C@@H](O)[C@]1(C)O. The zero-order valence-electron chi connectivity index (χ0n) is 34.8. The molecule has 4 rings (SSSR count). The van der Waals surface area contributed by atoms with Crippen LogP contribution < -0.4 is 14.8 Å². The molecular weight excluding hydrogens is 784 g/mol. The fourth-order valence-electron chi connectivity index (χ4n) is 8.11. The minimum Gasteiger partial charge on any atom is -0.495 e. The summed E-state index contributed by atoms with van der Waals surface area (Å²) in [6.45, 7) is 13.5. The lowest BCUT2D eigenvalue weighted by molar-refractivity contribution is -0.293. The molecule has 0 unspecified atom stereocenters. The lowest BCUT2D eigenvalue weighted by atomic mass is 9.78. The highest BCUT2D eigenvalue weighted by atomic mass is 35.5. The summed E-state index contributed by atoms with van der Waals surface area (Å²) in [6, 6.07) is 3.17. The molecule has 0 saturated carbocycles. The number of methoxy groups -OCH3 is 1. The molecular formula is C39H63ClN4O12S. The number of aliphatic hydroxyl groups is 4. The van der Waals surface area contributed by atoms with Crippen LogP contribution in [0, 0.1) is 17.8 Å². The molecule has 2 aliphatic rings. The smallest absolute Gasteiger partial charge is 0.311 e. The number of nitrogens with zero attached hydrogens (tertiary/aromatic N) is 3. The minimum absolute atomic E-state index is 0.107. The Morgan fingerprint density at radius 2 is 1.81 bits per heavy atom. The van der Waals surface area contributed by atoms with Gasteiger partial charge >= 0.3 is 5.97 Å². The molecule has 14 atom stereocenters. The maximum absolute atomic E-state index is 14.1. The van der Waals surface area contributed by atoms with Crippen molar-refractivity contribution in [3.05, 3.63) is 35.6 Å². The van der Waals surface area contributed by atoms with Gasteiger partial charge in [-0.15, -0.1) is 0 Å². The van der Waals surface area contributed by atoms with Gasteiger partial charge in [-0.05, 0) is 78.5 Å². The second kappa shape index (κ2) is 18.8. The van der Waals surface area contributed by atoms with Gasteiger partial charge in [-0.25, -0.2) is 13.4 Å². The average Bonchev–Trinajstić information content (AvgIpc) is 3.59. The Hall–Kier alpha value is -2.58. The number of ether oxygens (including phenoxy) is 5. The second-order valence-electron chi connectivity index (χ2n) is 16.4. The molecule has 1 aromatic carbocycles. The highest BCUT2D eigenvalue weighted by molar-refractivity contribution is 7.89. The summed E-state index contributed by atoms with van der Waals surface area (Å²) in [6.07, 6.45) is -4.89. The monoisotopic (exact) mass is 846 g/mol. The van der Waals surface area contributed by atoms with E-state index in [1.807, 2.05) is 6.92 Å². The van der Waals surface area contributed by atoms with Crippen LogP contribution in [0.1, 0.15) is 74.7 Å². The summed E-state index contributed by atoms with van der Waals surface area (Å²) in [5, 5.41) is 50.2. The molecule has 1 aromatic heterocycles. The van der Waals surface area contributed by atoms with Gasteiger partial charge in [0.25, 0.3) is 10.0 Å². The number of carbonyl (C=O) groups excluding carboxylic acids is 1. The first kappa shape index (κ1) is 47.1. The molecule has 0 spiro atoms. The Bertz CT molecular complexity index is 1760. The number of esters is 1. The van der Waals surface area contributed by atoms with Crippen molar-refractivity contribution in [3.8, 4) is 11.5 Å². The van der Waals surface area contributed by atoms with Crippen molar-refractivity contribution in [3.63, 3.8) is 0 Å². The third-order valence-corrected chi connectivity index (χ3v) is 13.7. The lowest BCUT2D eigenvalue weighted by Crippen LogP contribution is -2.61. The molecule has 2 fully saturated rings. The van der Waals surface area contributed by atoms with Gasteiger partial charge in [0, 0.05) is 44.5 Å². The highest BCUT2D eigenvalue weighted by Crippen LogP contribution is 2.39. The van der Waals surface area contributed by atoms with Crippen molar-refractivity contribution < 1.29 is 57.3 Å². The van der Waals surface area contributed by atoms with E-state index in [1.54, 1.807) is 53.8 Å². The first-order chi connectivity index (χ1) is 26.5. The fourth-order valence-corrected chi connectivity index (χ4v) is 9.80. The number of rotatable bonds is 9. The molecule has 324 valence electrons. The van der Waals surface area contributed by atoms with Gasteiger partial charge in [0.1, 0.15) is 29.3 Å². The van der Waals surface area contributed by atoms with Gasteiger partial charge in [0.15, 0.2) is 12.4 Å². The number of halogens is 1. The summed E-state index contributed by atoms with van der Waals surface area (Å²) >= 11 is 6.48. The molecule has 18 heteroatoms. The van der Waals surface area contributed by atoms with Gasteiger partial charge in [-0.1, -0.05) is 32.4 Å². The Morgan fingerprint density at radius 1 is 1.14 bits per heavy atom. The van der Waals surface area contributed by atoms with Crippen LogP contribution >= 0.6 is 11.6 Å². The van der Waals surface area contributed by atoms with Crippen molar-refractivity contribution in [1.82, 2.24) is 19.2 Å². The number of cyclic esters (lactones) is 1. The van der Waals surface area contributed by atoms with Crippen LogP contribution in [-0.4, -0.2) is 136 Å². The molecule has 2 aromatic rings. The fraction of sp³-hybridized carbons (Fsp3) is 0.744. The molecule has 3 heterocycles. The number of carbonyl (C=O) groups is 1. The topological polar surface area (TPSA) is 211 Å². The van der Waals surface area contributed by atoms with Crippen LogP contribution in [0.4, 0.5) is 0 Å². The first-order valence-electron chi connectivity index (χ1n) is 19.5. The number of aryl methyl sites for hydroxylation is 1. The molecule has 0 bridgehead atoms. The number of aromatic nitrogens is 2. The summed E-state index contributed by atoms with van der Waals surface area (Å²) in [7, 11) is 0.261. The van der Waals surface area contributed by atoms with E-state index in [1.165, 1.54) is 55.3 Å². The zero-order chi connectivity index (χ0) is 42.8. The van der Waals surface area contributed by atoms with Crippen molar-refractivity contribution >= 4 is 27.6 Å². The Labute approximate surface area is 341 Å². The van der Waals surface area contributed by atoms with Crippen LogP contribution in [0.3, 0.4) is 0 Å². The van der Waals surface area contributed by atoms with Crippen LogP contribution in [0.5, 0.6) is 11.5 Å². The number of hydrogen-bond donors (Lipinski definition) is 5. The van der Waals surface area contributed by atoms with Crippen LogP contribution in [-0.2, 0) is 36.1 Å². The Kier molecular flexibility index (Phi) is 15.5. The van der Waals surface area contributed by atoms with Gasteiger partial charge in [0.2, 0.25) is 5.16 Å². The van der Waals surface area contributed by atoms with Gasteiger partial charge in [-0.3, -0.25) is 4.79 Å². The zero-order valence-corrected chi connectivity index (χ0v) is 36.4. The van der Waals surface area contributed by atoms with E-state index in [-0.39, 0.29) is 41.1 Å². The average molecular weight is 847 g/mol. The molecule has 0 aliphatic carbocycles. The third kappa shape index (κ3) is 10.4. The van der Waals surface area contributed by atoms with Crippen LogP contribution in [0.15, 0.2) is 35.7 Å². The maximum Gasteiger partial charge on any atom is 0.311 e. The molecule has 16 nitrogen and oxygen atoms in total. The molecule has 5 N–H and O–H groups in total. The van der Waals surface area contributed by atoms with E-state index in [9.17, 15) is 33.6 Å². The van der Waals surface area contributed by atoms with E-state index in [0.717, 1.165) is 0 Å². The van der Waals surface area contributed by atoms with E-state index in [2.05, 4.69) is 10.3 Å². The number of imidazole rings is 1. The van der Waals surface area contributed by atoms with E-state index >= 15 is 0 Å². The second-order valence-corrected chi connectivity index (χ2v) is 18.7. The van der Waals surface area contributed by atoms with Gasteiger partial charge < -0.3 is 54.0 Å². The largest absolute Gasteiger partial charge is 0.495 e. The predicted molar refractivity (Wildman–Crippen MR) is 211 cm³/mol. The quantitative estimate of drug-likeness (QED) is 0.230. The summed E-state index contributed by atoms with van der Waals surface area (Å²) in [5.74, 6) is -2.58.